The van der Waals surface area contributed by atoms with Crippen LogP contribution >= 0.6 is 11.3 Å². The van der Waals surface area contributed by atoms with E-state index in [2.05, 4.69) is 22.8 Å². The minimum atomic E-state index is -0.0202. The van der Waals surface area contributed by atoms with Gasteiger partial charge >= 0.3 is 0 Å². The van der Waals surface area contributed by atoms with Gasteiger partial charge in [0.05, 0.1) is 7.11 Å². The van der Waals surface area contributed by atoms with Crippen LogP contribution in [-0.2, 0) is 17.6 Å². The molecule has 5 nitrogen and oxygen atoms in total. The van der Waals surface area contributed by atoms with Crippen molar-refractivity contribution >= 4 is 28.8 Å². The monoisotopic (exact) mass is 462 g/mol. The molecule has 0 saturated carbocycles. The highest BCUT2D eigenvalue weighted by Gasteiger charge is 2.29. The van der Waals surface area contributed by atoms with Gasteiger partial charge in [-0.25, -0.2) is 0 Å². The number of carbonyl (C=O) groups is 2. The smallest absolute Gasteiger partial charge is 0.254 e. The van der Waals surface area contributed by atoms with E-state index in [0.717, 1.165) is 44.4 Å². The van der Waals surface area contributed by atoms with E-state index in [1.807, 2.05) is 47.4 Å². The van der Waals surface area contributed by atoms with Gasteiger partial charge in [0.2, 0.25) is 5.91 Å². The summed E-state index contributed by atoms with van der Waals surface area (Å²) in [5.74, 6) is 0.838. The van der Waals surface area contributed by atoms with E-state index in [4.69, 9.17) is 4.74 Å². The molecule has 1 N–H and O–H groups in total. The van der Waals surface area contributed by atoms with Crippen molar-refractivity contribution in [2.75, 3.05) is 19.0 Å². The lowest BCUT2D eigenvalue weighted by Crippen LogP contribution is -2.36. The Kier molecular flexibility index (Phi) is 7.79. The number of nitrogens with one attached hydrogen (secondary N) is 1. The molecule has 33 heavy (non-hydrogen) atoms. The lowest BCUT2D eigenvalue weighted by atomic mass is 10.0. The van der Waals surface area contributed by atoms with Crippen molar-refractivity contribution in [3.8, 4) is 5.75 Å². The van der Waals surface area contributed by atoms with Crippen LogP contribution in [0.3, 0.4) is 0 Å². The summed E-state index contributed by atoms with van der Waals surface area (Å²) in [6.07, 6.45) is 4.98. The topological polar surface area (TPSA) is 58.6 Å². The van der Waals surface area contributed by atoms with Gasteiger partial charge in [0, 0.05) is 35.1 Å². The number of amides is 2. The summed E-state index contributed by atoms with van der Waals surface area (Å²) < 4.78 is 5.34. The summed E-state index contributed by atoms with van der Waals surface area (Å²) in [5, 5.41) is 5.01. The van der Waals surface area contributed by atoms with Crippen molar-refractivity contribution in [2.45, 2.75) is 44.6 Å². The Morgan fingerprint density at radius 1 is 1.12 bits per heavy atom. The Morgan fingerprint density at radius 2 is 2.00 bits per heavy atom. The largest absolute Gasteiger partial charge is 0.497 e. The minimum Gasteiger partial charge on any atom is -0.497 e. The molecule has 1 unspecified atom stereocenters. The molecular weight excluding hydrogens is 432 g/mol. The summed E-state index contributed by atoms with van der Waals surface area (Å²) >= 11 is 1.72. The molecule has 0 spiro atoms. The molecule has 3 aromatic rings. The molecule has 172 valence electrons. The predicted octanol–water partition coefficient (Wildman–Crippen LogP) is 5.57. The lowest BCUT2D eigenvalue weighted by Gasteiger charge is -2.25. The van der Waals surface area contributed by atoms with Crippen LogP contribution < -0.4 is 10.1 Å². The van der Waals surface area contributed by atoms with Gasteiger partial charge in [-0.15, -0.1) is 11.3 Å². The minimum absolute atomic E-state index is 0.0202. The van der Waals surface area contributed by atoms with Crippen LogP contribution in [0.5, 0.6) is 5.75 Å². The first-order valence-electron chi connectivity index (χ1n) is 11.5. The van der Waals surface area contributed by atoms with Crippen LogP contribution in [0, 0.1) is 0 Å². The van der Waals surface area contributed by atoms with Crippen molar-refractivity contribution in [1.29, 1.82) is 0 Å². The van der Waals surface area contributed by atoms with E-state index in [1.54, 1.807) is 24.5 Å². The quantitative estimate of drug-likeness (QED) is 0.453. The summed E-state index contributed by atoms with van der Waals surface area (Å²) in [6, 6.07) is 19.6. The highest BCUT2D eigenvalue weighted by molar-refractivity contribution is 7.09. The van der Waals surface area contributed by atoms with Crippen molar-refractivity contribution < 1.29 is 14.3 Å². The molecule has 0 bridgehead atoms. The van der Waals surface area contributed by atoms with Crippen LogP contribution in [0.15, 0.2) is 66.0 Å². The number of likely N-dealkylation sites (tertiary alicyclic amines) is 1. The average molecular weight is 463 g/mol. The highest BCUT2D eigenvalue weighted by atomic mass is 32.1. The number of hydrogen-bond acceptors (Lipinski definition) is 4. The number of benzene rings is 2. The molecule has 4 rings (SSSR count). The number of carbonyl (C=O) groups excluding carboxylic acids is 2. The molecule has 0 radical (unpaired) electrons. The first kappa shape index (κ1) is 23.1. The van der Waals surface area contributed by atoms with Crippen molar-refractivity contribution in [3.05, 3.63) is 82.0 Å². The molecule has 2 aromatic carbocycles. The van der Waals surface area contributed by atoms with Gasteiger partial charge in [-0.05, 0) is 79.4 Å². The number of aryl methyl sites for hydroxylation is 1. The average Bonchev–Trinajstić information content (AvgIpc) is 3.51. The fourth-order valence-corrected chi connectivity index (χ4v) is 5.14. The van der Waals surface area contributed by atoms with E-state index in [-0.39, 0.29) is 17.9 Å². The maximum absolute atomic E-state index is 13.3. The summed E-state index contributed by atoms with van der Waals surface area (Å²) in [6.45, 7) is 0.757. The van der Waals surface area contributed by atoms with Gasteiger partial charge in [0.25, 0.3) is 5.91 Å². The zero-order valence-corrected chi connectivity index (χ0v) is 19.8. The van der Waals surface area contributed by atoms with Crippen LogP contribution in [0.1, 0.15) is 46.5 Å². The molecule has 1 atom stereocenters. The maximum Gasteiger partial charge on any atom is 0.254 e. The predicted molar refractivity (Wildman–Crippen MR) is 133 cm³/mol. The van der Waals surface area contributed by atoms with Gasteiger partial charge in [-0.2, -0.15) is 0 Å². The molecule has 1 aliphatic heterocycles. The molecule has 6 heteroatoms. The number of methoxy groups -OCH3 is 1. The van der Waals surface area contributed by atoms with Crippen LogP contribution in [-0.4, -0.2) is 36.4 Å². The van der Waals surface area contributed by atoms with E-state index < -0.39 is 0 Å². The van der Waals surface area contributed by atoms with E-state index in [9.17, 15) is 9.59 Å². The van der Waals surface area contributed by atoms with Gasteiger partial charge in [-0.3, -0.25) is 9.59 Å². The zero-order valence-electron chi connectivity index (χ0n) is 19.0. The molecule has 0 aliphatic carbocycles. The second kappa shape index (κ2) is 11.1. The number of nitrogens with zero attached hydrogens (tertiary/aromatic N) is 1. The first-order valence-corrected chi connectivity index (χ1v) is 12.4. The number of thiophene rings is 1. The summed E-state index contributed by atoms with van der Waals surface area (Å²) in [7, 11) is 1.67. The molecule has 1 aliphatic rings. The fraction of sp³-hybridized carbons (Fsp3) is 0.333. The number of anilines is 1. The fourth-order valence-electron chi connectivity index (χ4n) is 4.38. The van der Waals surface area contributed by atoms with Gasteiger partial charge in [0.15, 0.2) is 0 Å². The number of hydrogen-bond donors (Lipinski definition) is 1. The van der Waals surface area contributed by atoms with E-state index >= 15 is 0 Å². The van der Waals surface area contributed by atoms with Gasteiger partial charge < -0.3 is 15.0 Å². The second-order valence-electron chi connectivity index (χ2n) is 8.41. The van der Waals surface area contributed by atoms with Crippen LogP contribution in [0.4, 0.5) is 5.69 Å². The Morgan fingerprint density at radius 3 is 2.82 bits per heavy atom. The Balaban J connectivity index is 1.35. The molecule has 1 fully saturated rings. The third-order valence-corrected chi connectivity index (χ3v) is 6.98. The zero-order chi connectivity index (χ0) is 23.0. The second-order valence-corrected chi connectivity index (χ2v) is 9.44. The van der Waals surface area contributed by atoms with E-state index in [0.29, 0.717) is 17.7 Å². The molecule has 1 aromatic heterocycles. The molecule has 2 heterocycles. The SMILES string of the molecule is COc1cccc(CC2CCCN2C(=O)c2cccc(NC(=O)CCCc3cccs3)c2)c1. The van der Waals surface area contributed by atoms with Crippen LogP contribution in [0.2, 0.25) is 0 Å². The highest BCUT2D eigenvalue weighted by Crippen LogP contribution is 2.25. The van der Waals surface area contributed by atoms with Crippen LogP contribution in [0.25, 0.3) is 0 Å². The Hall–Kier alpha value is -3.12. The van der Waals surface area contributed by atoms with Crippen molar-refractivity contribution in [2.24, 2.45) is 0 Å². The normalized spacial score (nSPS) is 15.4. The molecule has 1 saturated heterocycles. The standard InChI is InChI=1S/C27H30N2O3S/c1-32-24-11-2-7-20(18-24)17-23-10-5-15-29(23)27(31)21-8-3-9-22(19-21)28-26(30)14-4-12-25-13-6-16-33-25/h2-3,6-9,11,13,16,18-19,23H,4-5,10,12,14-15,17H2,1H3,(H,28,30). The summed E-state index contributed by atoms with van der Waals surface area (Å²) in [5.41, 5.74) is 2.46. The first-order chi connectivity index (χ1) is 16.1. The molecule has 2 amide bonds. The van der Waals surface area contributed by atoms with Gasteiger partial charge in [-0.1, -0.05) is 24.3 Å². The number of ether oxygens (including phenoxy) is 1. The lowest BCUT2D eigenvalue weighted by molar-refractivity contribution is -0.116. The summed E-state index contributed by atoms with van der Waals surface area (Å²) in [4.78, 5) is 28.9. The number of rotatable bonds is 9. The third kappa shape index (κ3) is 6.23. The Labute approximate surface area is 199 Å². The van der Waals surface area contributed by atoms with Gasteiger partial charge in [0.1, 0.15) is 5.75 Å². The molecular formula is C27H30N2O3S. The third-order valence-electron chi connectivity index (χ3n) is 6.04. The van der Waals surface area contributed by atoms with Crippen molar-refractivity contribution in [1.82, 2.24) is 4.90 Å². The van der Waals surface area contributed by atoms with Crippen molar-refractivity contribution in [3.63, 3.8) is 0 Å². The Bertz CT molecular complexity index is 1080. The van der Waals surface area contributed by atoms with E-state index in [1.165, 1.54) is 10.4 Å². The maximum atomic E-state index is 13.3.